The van der Waals surface area contributed by atoms with Gasteiger partial charge in [0.2, 0.25) is 0 Å². The molecule has 2 aromatic rings. The van der Waals surface area contributed by atoms with E-state index in [1.54, 1.807) is 28.4 Å². The number of ether oxygens (including phenoxy) is 4. The van der Waals surface area contributed by atoms with Gasteiger partial charge < -0.3 is 41.9 Å². The number of hydrogen-bond donors (Lipinski definition) is 6. The van der Waals surface area contributed by atoms with Gasteiger partial charge in [0.1, 0.15) is 0 Å². The van der Waals surface area contributed by atoms with Gasteiger partial charge in [0, 0.05) is 13.1 Å². The minimum Gasteiger partial charge on any atom is -0.493 e. The van der Waals surface area contributed by atoms with Crippen LogP contribution in [0, 0.1) is 0 Å². The van der Waals surface area contributed by atoms with Gasteiger partial charge in [-0.05, 0) is 48.2 Å². The summed E-state index contributed by atoms with van der Waals surface area (Å²) >= 11 is 0. The quantitative estimate of drug-likeness (QED) is 0.135. The third kappa shape index (κ3) is 16.4. The molecule has 0 saturated heterocycles. The number of guanidine groups is 2. The van der Waals surface area contributed by atoms with E-state index in [1.165, 1.54) is 0 Å². The molecular formula is C22H36N6O8S. The average Bonchev–Trinajstić information content (AvgIpc) is 2.82. The van der Waals surface area contributed by atoms with Crippen LogP contribution < -0.4 is 41.9 Å². The Labute approximate surface area is 216 Å². The maximum atomic E-state index is 8.74. The molecule has 0 fully saturated rings. The van der Waals surface area contributed by atoms with Crippen molar-refractivity contribution >= 4 is 22.3 Å². The van der Waals surface area contributed by atoms with E-state index in [2.05, 4.69) is 9.98 Å². The Bertz CT molecular complexity index is 1040. The first-order valence-electron chi connectivity index (χ1n) is 10.6. The van der Waals surface area contributed by atoms with Gasteiger partial charge in [0.05, 0.1) is 28.4 Å². The first-order chi connectivity index (χ1) is 17.3. The number of rotatable bonds is 10. The van der Waals surface area contributed by atoms with Gasteiger partial charge >= 0.3 is 10.4 Å². The minimum atomic E-state index is -4.67. The van der Waals surface area contributed by atoms with E-state index < -0.39 is 10.4 Å². The van der Waals surface area contributed by atoms with Gasteiger partial charge in [-0.2, -0.15) is 8.42 Å². The van der Waals surface area contributed by atoms with E-state index in [0.29, 0.717) is 36.1 Å². The van der Waals surface area contributed by atoms with E-state index >= 15 is 0 Å². The predicted molar refractivity (Wildman–Crippen MR) is 142 cm³/mol. The molecule has 208 valence electrons. The van der Waals surface area contributed by atoms with Crippen molar-refractivity contribution in [3.8, 4) is 23.0 Å². The summed E-state index contributed by atoms with van der Waals surface area (Å²) in [5.41, 5.74) is 23.2. The fraction of sp³-hybridized carbons (Fsp3) is 0.364. The van der Waals surface area contributed by atoms with Crippen molar-refractivity contribution in [1.29, 1.82) is 0 Å². The monoisotopic (exact) mass is 544 g/mol. The Hall–Kier alpha value is -3.95. The van der Waals surface area contributed by atoms with E-state index in [9.17, 15) is 0 Å². The molecule has 0 heterocycles. The third-order valence-corrected chi connectivity index (χ3v) is 4.29. The second-order valence-corrected chi connectivity index (χ2v) is 7.84. The molecule has 0 aliphatic rings. The van der Waals surface area contributed by atoms with Gasteiger partial charge in [-0.3, -0.25) is 19.1 Å². The van der Waals surface area contributed by atoms with Crippen LogP contribution in [0.25, 0.3) is 0 Å². The second kappa shape index (κ2) is 17.5. The Morgan fingerprint density at radius 2 is 0.973 bits per heavy atom. The summed E-state index contributed by atoms with van der Waals surface area (Å²) in [6, 6.07) is 11.5. The van der Waals surface area contributed by atoms with Gasteiger partial charge in [0.25, 0.3) is 0 Å². The Kier molecular flexibility index (Phi) is 15.6. The van der Waals surface area contributed by atoms with Crippen molar-refractivity contribution in [2.45, 2.75) is 12.8 Å². The van der Waals surface area contributed by atoms with Crippen LogP contribution in [0.2, 0.25) is 0 Å². The molecule has 0 spiro atoms. The molecule has 0 radical (unpaired) electrons. The van der Waals surface area contributed by atoms with Crippen molar-refractivity contribution in [2.24, 2.45) is 32.9 Å². The molecule has 10 N–H and O–H groups in total. The molecule has 15 heteroatoms. The highest BCUT2D eigenvalue weighted by atomic mass is 32.3. The van der Waals surface area contributed by atoms with E-state index in [1.807, 2.05) is 36.4 Å². The van der Waals surface area contributed by atoms with Crippen molar-refractivity contribution < 1.29 is 36.5 Å². The van der Waals surface area contributed by atoms with Crippen molar-refractivity contribution in [1.82, 2.24) is 0 Å². The molecule has 14 nitrogen and oxygen atoms in total. The number of nitrogens with two attached hydrogens (primary N) is 4. The molecular weight excluding hydrogens is 508 g/mol. The zero-order valence-electron chi connectivity index (χ0n) is 21.2. The second-order valence-electron chi connectivity index (χ2n) is 6.94. The summed E-state index contributed by atoms with van der Waals surface area (Å²) in [7, 11) is 1.77. The van der Waals surface area contributed by atoms with Crippen LogP contribution in [0.3, 0.4) is 0 Å². The topological polar surface area (TPSA) is 240 Å². The lowest BCUT2D eigenvalue weighted by molar-refractivity contribution is 0.354. The number of hydrogen-bond acceptors (Lipinski definition) is 8. The fourth-order valence-corrected chi connectivity index (χ4v) is 2.70. The Balaban J connectivity index is 0.000000594. The summed E-state index contributed by atoms with van der Waals surface area (Å²) in [5.74, 6) is 3.08. The summed E-state index contributed by atoms with van der Waals surface area (Å²) in [6.07, 6.45) is 1.52. The number of aliphatic imine (C=N–C) groups is 2. The van der Waals surface area contributed by atoms with Gasteiger partial charge in [-0.1, -0.05) is 12.1 Å². The Morgan fingerprint density at radius 1 is 0.676 bits per heavy atom. The molecule has 0 unspecified atom stereocenters. The van der Waals surface area contributed by atoms with Crippen LogP contribution in [0.4, 0.5) is 0 Å². The SMILES string of the molecule is COc1ccc(CCN=C(N)N)cc1OC.COc1ccc(CCN=C(N)N)cc1OC.O=S(=O)(O)O. The molecule has 0 aliphatic heterocycles. The Morgan fingerprint density at radius 3 is 1.22 bits per heavy atom. The lowest BCUT2D eigenvalue weighted by atomic mass is 10.1. The van der Waals surface area contributed by atoms with Crippen molar-refractivity contribution in [3.05, 3.63) is 47.5 Å². The van der Waals surface area contributed by atoms with Gasteiger partial charge in [0.15, 0.2) is 34.9 Å². The molecule has 0 saturated carbocycles. The standard InChI is InChI=1S/2C11H17N3O2.H2O4S/c2*1-15-9-4-3-8(7-10(9)16-2)5-6-14-11(12)13;1-5(2,3)4/h2*3-4,7H,5-6H2,1-2H3,(H4,12,13,14);(H2,1,2,3,4). The summed E-state index contributed by atoms with van der Waals surface area (Å²) in [4.78, 5) is 7.84. The van der Waals surface area contributed by atoms with Crippen LogP contribution in [-0.4, -0.2) is 71.0 Å². The molecule has 0 bridgehead atoms. The van der Waals surface area contributed by atoms with Crippen LogP contribution in [0.1, 0.15) is 11.1 Å². The van der Waals surface area contributed by atoms with Crippen LogP contribution in [0.5, 0.6) is 23.0 Å². The molecule has 37 heavy (non-hydrogen) atoms. The minimum absolute atomic E-state index is 0.112. The lowest BCUT2D eigenvalue weighted by Crippen LogP contribution is -2.23. The van der Waals surface area contributed by atoms with E-state index in [-0.39, 0.29) is 11.9 Å². The maximum Gasteiger partial charge on any atom is 0.394 e. The number of benzene rings is 2. The van der Waals surface area contributed by atoms with Gasteiger partial charge in [-0.25, -0.2) is 0 Å². The highest BCUT2D eigenvalue weighted by Gasteiger charge is 2.05. The molecule has 2 aromatic carbocycles. The first-order valence-corrected chi connectivity index (χ1v) is 12.0. The normalized spacial score (nSPS) is 9.89. The van der Waals surface area contributed by atoms with Crippen LogP contribution in [-0.2, 0) is 23.2 Å². The number of methoxy groups -OCH3 is 4. The average molecular weight is 545 g/mol. The predicted octanol–water partition coefficient (Wildman–Crippen LogP) is 0.387. The van der Waals surface area contributed by atoms with Crippen molar-refractivity contribution in [2.75, 3.05) is 41.5 Å². The fourth-order valence-electron chi connectivity index (χ4n) is 2.70. The summed E-state index contributed by atoms with van der Waals surface area (Å²) in [6.45, 7) is 1.13. The zero-order valence-corrected chi connectivity index (χ0v) is 22.1. The van der Waals surface area contributed by atoms with E-state index in [4.69, 9.17) is 59.4 Å². The first kappa shape index (κ1) is 33.0. The van der Waals surface area contributed by atoms with Crippen LogP contribution >= 0.6 is 0 Å². The van der Waals surface area contributed by atoms with E-state index in [0.717, 1.165) is 24.0 Å². The van der Waals surface area contributed by atoms with Gasteiger partial charge in [-0.15, -0.1) is 0 Å². The molecule has 0 amide bonds. The highest BCUT2D eigenvalue weighted by Crippen LogP contribution is 2.28. The molecule has 0 atom stereocenters. The highest BCUT2D eigenvalue weighted by molar-refractivity contribution is 7.79. The smallest absolute Gasteiger partial charge is 0.394 e. The largest absolute Gasteiger partial charge is 0.493 e. The third-order valence-electron chi connectivity index (χ3n) is 4.29. The summed E-state index contributed by atoms with van der Waals surface area (Å²) < 4.78 is 52.3. The molecule has 2 rings (SSSR count). The van der Waals surface area contributed by atoms with Crippen LogP contribution in [0.15, 0.2) is 46.4 Å². The maximum absolute atomic E-state index is 8.74. The molecule has 0 aliphatic carbocycles. The molecule has 0 aromatic heterocycles. The number of nitrogens with zero attached hydrogens (tertiary/aromatic N) is 2. The zero-order chi connectivity index (χ0) is 28.4. The lowest BCUT2D eigenvalue weighted by Gasteiger charge is -2.08. The van der Waals surface area contributed by atoms with Crippen molar-refractivity contribution in [3.63, 3.8) is 0 Å². The summed E-state index contributed by atoms with van der Waals surface area (Å²) in [5, 5.41) is 0.